The van der Waals surface area contributed by atoms with E-state index in [1.165, 1.54) is 27.9 Å². The minimum absolute atomic E-state index is 0.0131. The van der Waals surface area contributed by atoms with Crippen LogP contribution >= 0.6 is 0 Å². The maximum absolute atomic E-state index is 13.4. The molecule has 0 aromatic carbocycles. The zero-order valence-electron chi connectivity index (χ0n) is 24.7. The number of carbonyl (C=O) groups is 4. The van der Waals surface area contributed by atoms with Crippen LogP contribution in [0.5, 0.6) is 0 Å². The highest BCUT2D eigenvalue weighted by Gasteiger charge is 2.75. The van der Waals surface area contributed by atoms with E-state index in [1.54, 1.807) is 0 Å². The van der Waals surface area contributed by atoms with Gasteiger partial charge in [-0.3, -0.25) is 19.2 Å². The summed E-state index contributed by atoms with van der Waals surface area (Å²) in [7, 11) is 1.36. The Morgan fingerprint density at radius 2 is 1.51 bits per heavy atom. The average Bonchev–Trinajstić information content (AvgIpc) is 3.22. The van der Waals surface area contributed by atoms with Gasteiger partial charge in [0.25, 0.3) is 0 Å². The lowest BCUT2D eigenvalue weighted by Crippen LogP contribution is -2.73. The molecule has 0 bridgehead atoms. The molecule has 0 radical (unpaired) electrons. The second-order valence-corrected chi connectivity index (χ2v) is 14.1. The Balaban J connectivity index is 1.82. The van der Waals surface area contributed by atoms with E-state index in [1.807, 2.05) is 13.8 Å². The fourth-order valence-electron chi connectivity index (χ4n) is 10.1. The van der Waals surface area contributed by atoms with Crippen molar-refractivity contribution >= 4 is 23.3 Å². The molecule has 8 heteroatoms. The average molecular weight is 549 g/mol. The van der Waals surface area contributed by atoms with Crippen LogP contribution in [0.15, 0.2) is 0 Å². The molecule has 4 aliphatic rings. The van der Waals surface area contributed by atoms with Crippen LogP contribution in [0.3, 0.4) is 0 Å². The monoisotopic (exact) mass is 548 g/mol. The van der Waals surface area contributed by atoms with E-state index in [4.69, 9.17) is 4.74 Å². The van der Waals surface area contributed by atoms with Gasteiger partial charge in [-0.05, 0) is 107 Å². The van der Waals surface area contributed by atoms with Crippen molar-refractivity contribution < 1.29 is 39.2 Å². The molecule has 3 N–H and O–H groups in total. The topological polar surface area (TPSA) is 138 Å². The van der Waals surface area contributed by atoms with E-state index in [-0.39, 0.29) is 85.0 Å². The molecule has 0 aliphatic heterocycles. The lowest BCUT2D eigenvalue weighted by atomic mass is 9.37. The summed E-state index contributed by atoms with van der Waals surface area (Å²) in [6.45, 7) is 10.3. The molecule has 0 aromatic heterocycles. The molecule has 4 fully saturated rings. The van der Waals surface area contributed by atoms with Crippen molar-refractivity contribution in [3.8, 4) is 0 Å². The van der Waals surface area contributed by atoms with Gasteiger partial charge >= 0.3 is 5.97 Å². The third-order valence-corrected chi connectivity index (χ3v) is 12.7. The summed E-state index contributed by atoms with van der Waals surface area (Å²) in [4.78, 5) is 51.0. The maximum atomic E-state index is 13.4. The highest BCUT2D eigenvalue weighted by atomic mass is 16.5. The number of esters is 1. The summed E-state index contributed by atoms with van der Waals surface area (Å²) in [5, 5.41) is 35.9. The number of aliphatic hydroxyl groups is 3. The normalized spacial score (nSPS) is 47.8. The number of rotatable bonds is 7. The van der Waals surface area contributed by atoms with Gasteiger partial charge in [-0.15, -0.1) is 0 Å². The zero-order chi connectivity index (χ0) is 29.3. The van der Waals surface area contributed by atoms with Crippen LogP contribution in [0.2, 0.25) is 0 Å². The quantitative estimate of drug-likeness (QED) is 0.412. The Labute approximate surface area is 232 Å². The minimum Gasteiger partial charge on any atom is -0.469 e. The second kappa shape index (κ2) is 9.73. The molecule has 8 nitrogen and oxygen atoms in total. The largest absolute Gasteiger partial charge is 0.469 e. The van der Waals surface area contributed by atoms with Crippen molar-refractivity contribution in [2.24, 2.45) is 46.3 Å². The number of carbonyl (C=O) groups excluding carboxylic acids is 4. The lowest BCUT2D eigenvalue weighted by Gasteiger charge is -2.68. The Bertz CT molecular complexity index is 1060. The molecule has 4 saturated carbocycles. The molecule has 0 saturated heterocycles. The number of Topliss-reactive ketones (excluding diaryl/α,β-unsaturated/α-hetero) is 3. The lowest BCUT2D eigenvalue weighted by molar-refractivity contribution is -0.262. The number of hydrogen-bond donors (Lipinski definition) is 3. The molecule has 4 rings (SSSR count). The maximum Gasteiger partial charge on any atom is 0.305 e. The number of ketones is 3. The molecule has 0 amide bonds. The van der Waals surface area contributed by atoms with E-state index < -0.39 is 33.6 Å². The highest BCUT2D eigenvalue weighted by Crippen LogP contribution is 2.73. The SMILES string of the molecule is COC(=O)CC[C@@H](C)[C@H]1CC[C@H]2[C@H]3[C@H](C[C@@](O)(C(C)=O)[C@]12C)[C@@]1(C)CC[C@](O)(C(C)=O)C[C@H]1C[C@]3(O)C(C)=O. The number of hydrogen-bond acceptors (Lipinski definition) is 8. The summed E-state index contributed by atoms with van der Waals surface area (Å²) < 4.78 is 4.84. The first-order valence-corrected chi connectivity index (χ1v) is 14.7. The van der Waals surface area contributed by atoms with Crippen molar-refractivity contribution in [2.75, 3.05) is 7.11 Å². The Hall–Kier alpha value is -1.64. The molecular formula is C31H48O8. The Morgan fingerprint density at radius 1 is 0.872 bits per heavy atom. The summed E-state index contributed by atoms with van der Waals surface area (Å²) in [5.74, 6) is -2.72. The van der Waals surface area contributed by atoms with E-state index in [0.717, 1.165) is 6.42 Å². The molecule has 0 heterocycles. The number of methoxy groups -OCH3 is 1. The molecular weight excluding hydrogens is 500 g/mol. The van der Waals surface area contributed by atoms with Gasteiger partial charge in [0.1, 0.15) is 16.8 Å². The van der Waals surface area contributed by atoms with Crippen LogP contribution in [0.1, 0.15) is 99.3 Å². The van der Waals surface area contributed by atoms with Crippen molar-refractivity contribution in [1.29, 1.82) is 0 Å². The van der Waals surface area contributed by atoms with Crippen LogP contribution in [-0.2, 0) is 23.9 Å². The smallest absolute Gasteiger partial charge is 0.305 e. The molecule has 11 atom stereocenters. The molecule has 0 unspecified atom stereocenters. The van der Waals surface area contributed by atoms with Crippen molar-refractivity contribution in [3.05, 3.63) is 0 Å². The summed E-state index contributed by atoms with van der Waals surface area (Å²) in [5.41, 5.74) is -6.21. The molecule has 39 heavy (non-hydrogen) atoms. The van der Waals surface area contributed by atoms with Crippen LogP contribution in [0, 0.1) is 46.3 Å². The van der Waals surface area contributed by atoms with Gasteiger partial charge in [0.05, 0.1) is 7.11 Å². The van der Waals surface area contributed by atoms with E-state index in [2.05, 4.69) is 6.92 Å². The molecule has 0 aromatic rings. The van der Waals surface area contributed by atoms with Gasteiger partial charge in [-0.2, -0.15) is 0 Å². The van der Waals surface area contributed by atoms with Crippen LogP contribution in [0.25, 0.3) is 0 Å². The van der Waals surface area contributed by atoms with E-state index in [0.29, 0.717) is 19.3 Å². The van der Waals surface area contributed by atoms with Gasteiger partial charge in [0.2, 0.25) is 0 Å². The predicted molar refractivity (Wildman–Crippen MR) is 143 cm³/mol. The first kappa shape index (κ1) is 30.3. The Morgan fingerprint density at radius 3 is 2.05 bits per heavy atom. The van der Waals surface area contributed by atoms with E-state index in [9.17, 15) is 34.5 Å². The minimum atomic E-state index is -1.68. The van der Waals surface area contributed by atoms with Gasteiger partial charge in [0.15, 0.2) is 17.3 Å². The number of ether oxygens (including phenoxy) is 1. The Kier molecular flexibility index (Phi) is 7.56. The third kappa shape index (κ3) is 4.18. The molecule has 220 valence electrons. The third-order valence-electron chi connectivity index (χ3n) is 12.7. The molecule has 4 aliphatic carbocycles. The summed E-state index contributed by atoms with van der Waals surface area (Å²) in [6, 6.07) is 0. The number of fused-ring (bicyclic) bond motifs is 5. The second-order valence-electron chi connectivity index (χ2n) is 14.1. The van der Waals surface area contributed by atoms with Crippen molar-refractivity contribution in [3.63, 3.8) is 0 Å². The summed E-state index contributed by atoms with van der Waals surface area (Å²) in [6.07, 6.45) is 3.42. The van der Waals surface area contributed by atoms with Crippen LogP contribution in [-0.4, -0.2) is 62.6 Å². The highest BCUT2D eigenvalue weighted by molar-refractivity contribution is 5.88. The summed E-state index contributed by atoms with van der Waals surface area (Å²) >= 11 is 0. The first-order chi connectivity index (χ1) is 17.9. The van der Waals surface area contributed by atoms with Gasteiger partial charge in [0, 0.05) is 17.8 Å². The van der Waals surface area contributed by atoms with Gasteiger partial charge in [-0.1, -0.05) is 20.8 Å². The standard InChI is InChI=1S/C31H48O8/c1-17(8-11-25(35)39-7)22-9-10-23-26-24(16-31(38,20(4)34)28(22,23)6)27(5)12-13-29(36,18(2)32)14-21(27)15-30(26,37)19(3)33/h17,21-24,26,36-38H,8-16H2,1-7H3/t17-,21+,22-,23+,24+,26+,27+,28-,29-,30+,31-/m1/s1. The predicted octanol–water partition coefficient (Wildman–Crippen LogP) is 3.41. The zero-order valence-corrected chi connectivity index (χ0v) is 24.7. The fourth-order valence-corrected chi connectivity index (χ4v) is 10.1. The van der Waals surface area contributed by atoms with Gasteiger partial charge in [-0.25, -0.2) is 0 Å². The fraction of sp³-hybridized carbons (Fsp3) is 0.871. The van der Waals surface area contributed by atoms with Crippen molar-refractivity contribution in [2.45, 2.75) is 116 Å². The first-order valence-electron chi connectivity index (χ1n) is 14.7. The van der Waals surface area contributed by atoms with E-state index >= 15 is 0 Å². The van der Waals surface area contributed by atoms with Gasteiger partial charge < -0.3 is 20.1 Å². The van der Waals surface area contributed by atoms with Crippen LogP contribution < -0.4 is 0 Å². The molecule has 0 spiro atoms. The van der Waals surface area contributed by atoms with Crippen LogP contribution in [0.4, 0.5) is 0 Å². The van der Waals surface area contributed by atoms with Crippen molar-refractivity contribution in [1.82, 2.24) is 0 Å².